The first-order chi connectivity index (χ1) is 10.3. The van der Waals surface area contributed by atoms with E-state index in [9.17, 15) is 9.59 Å². The van der Waals surface area contributed by atoms with Crippen LogP contribution in [0.4, 0.5) is 5.69 Å². The molecule has 1 aromatic carbocycles. The molecule has 0 fully saturated rings. The Labute approximate surface area is 131 Å². The standard InChI is InChI=1S/C17H25N3O2/c1-17(2,3)15(18)16(22)19-11-14(21)20-10-6-8-12-7-4-5-9-13(12)20/h4-5,7,9,15H,6,8,10-11,18H2,1-3H3,(H,19,22)/t15-/m1/s1. The van der Waals surface area contributed by atoms with E-state index >= 15 is 0 Å². The van der Waals surface area contributed by atoms with Gasteiger partial charge in [0.05, 0.1) is 12.6 Å². The normalized spacial score (nSPS) is 15.9. The number of hydrogen-bond donors (Lipinski definition) is 2. The van der Waals surface area contributed by atoms with Crippen LogP contribution in [0.25, 0.3) is 0 Å². The molecule has 0 saturated heterocycles. The van der Waals surface area contributed by atoms with Gasteiger partial charge in [-0.15, -0.1) is 0 Å². The number of anilines is 1. The highest BCUT2D eigenvalue weighted by Crippen LogP contribution is 2.26. The molecule has 1 atom stereocenters. The van der Waals surface area contributed by atoms with Crippen LogP contribution in [0.2, 0.25) is 0 Å². The molecular weight excluding hydrogens is 278 g/mol. The maximum Gasteiger partial charge on any atom is 0.246 e. The Morgan fingerprint density at radius 2 is 2.00 bits per heavy atom. The molecule has 3 N–H and O–H groups in total. The summed E-state index contributed by atoms with van der Waals surface area (Å²) >= 11 is 0. The summed E-state index contributed by atoms with van der Waals surface area (Å²) in [5, 5.41) is 2.66. The van der Waals surface area contributed by atoms with Crippen molar-refractivity contribution in [2.24, 2.45) is 11.1 Å². The van der Waals surface area contributed by atoms with Gasteiger partial charge in [0.25, 0.3) is 0 Å². The number of nitrogens with two attached hydrogens (primary N) is 1. The predicted octanol–water partition coefficient (Wildman–Crippen LogP) is 1.46. The van der Waals surface area contributed by atoms with Crippen LogP contribution in [0.1, 0.15) is 32.8 Å². The van der Waals surface area contributed by atoms with Gasteiger partial charge in [0, 0.05) is 12.2 Å². The van der Waals surface area contributed by atoms with Crippen molar-refractivity contribution in [2.45, 2.75) is 39.7 Å². The number of carbonyl (C=O) groups excluding carboxylic acids is 2. The number of para-hydroxylation sites is 1. The van der Waals surface area contributed by atoms with Gasteiger partial charge in [0.1, 0.15) is 0 Å². The monoisotopic (exact) mass is 303 g/mol. The average Bonchev–Trinajstić information content (AvgIpc) is 2.50. The third-order valence-electron chi connectivity index (χ3n) is 4.04. The minimum absolute atomic E-state index is 0.0169. The SMILES string of the molecule is CC(C)(C)[C@H](N)C(=O)NCC(=O)N1CCCc2ccccc21. The van der Waals surface area contributed by atoms with Gasteiger partial charge in [-0.1, -0.05) is 39.0 Å². The molecule has 0 bridgehead atoms. The van der Waals surface area contributed by atoms with Crippen molar-refractivity contribution in [1.82, 2.24) is 5.32 Å². The molecule has 0 aliphatic carbocycles. The van der Waals surface area contributed by atoms with E-state index < -0.39 is 6.04 Å². The molecule has 2 amide bonds. The topological polar surface area (TPSA) is 75.4 Å². The summed E-state index contributed by atoms with van der Waals surface area (Å²) < 4.78 is 0. The van der Waals surface area contributed by atoms with Crippen molar-refractivity contribution in [1.29, 1.82) is 0 Å². The number of carbonyl (C=O) groups is 2. The molecule has 120 valence electrons. The highest BCUT2D eigenvalue weighted by atomic mass is 16.2. The Hall–Kier alpha value is -1.88. The summed E-state index contributed by atoms with van der Waals surface area (Å²) in [5.41, 5.74) is 7.70. The quantitative estimate of drug-likeness (QED) is 0.887. The van der Waals surface area contributed by atoms with Gasteiger partial charge in [0.15, 0.2) is 0 Å². The van der Waals surface area contributed by atoms with E-state index in [1.54, 1.807) is 4.90 Å². The Kier molecular flexibility index (Phi) is 4.86. The summed E-state index contributed by atoms with van der Waals surface area (Å²) in [4.78, 5) is 26.2. The van der Waals surface area contributed by atoms with Crippen LogP contribution in [0.3, 0.4) is 0 Å². The van der Waals surface area contributed by atoms with E-state index in [1.165, 1.54) is 5.56 Å². The summed E-state index contributed by atoms with van der Waals surface area (Å²) in [6, 6.07) is 7.28. The maximum atomic E-state index is 12.4. The Bertz CT molecular complexity index is 563. The molecule has 5 heteroatoms. The summed E-state index contributed by atoms with van der Waals surface area (Å²) in [6.07, 6.45) is 1.93. The van der Waals surface area contributed by atoms with Crippen molar-refractivity contribution in [3.8, 4) is 0 Å². The van der Waals surface area contributed by atoms with Crippen molar-refractivity contribution in [3.63, 3.8) is 0 Å². The molecule has 22 heavy (non-hydrogen) atoms. The van der Waals surface area contributed by atoms with Gasteiger partial charge < -0.3 is 16.0 Å². The van der Waals surface area contributed by atoms with Gasteiger partial charge in [0.2, 0.25) is 11.8 Å². The zero-order valence-electron chi connectivity index (χ0n) is 13.6. The molecule has 1 heterocycles. The van der Waals surface area contributed by atoms with Crippen molar-refractivity contribution >= 4 is 17.5 Å². The van der Waals surface area contributed by atoms with Crippen LogP contribution in [0.15, 0.2) is 24.3 Å². The summed E-state index contributed by atoms with van der Waals surface area (Å²) in [5.74, 6) is -0.382. The molecule has 5 nitrogen and oxygen atoms in total. The first kappa shape index (κ1) is 16.5. The fraction of sp³-hybridized carbons (Fsp3) is 0.529. The second-order valence-corrected chi connectivity index (χ2v) is 6.84. The number of nitrogens with zero attached hydrogens (tertiary/aromatic N) is 1. The summed E-state index contributed by atoms with van der Waals surface area (Å²) in [6.45, 7) is 6.38. The molecule has 0 unspecified atom stereocenters. The first-order valence-corrected chi connectivity index (χ1v) is 7.72. The lowest BCUT2D eigenvalue weighted by Crippen LogP contribution is -2.51. The first-order valence-electron chi connectivity index (χ1n) is 7.72. The molecule has 1 aromatic rings. The van der Waals surface area contributed by atoms with Crippen molar-refractivity contribution < 1.29 is 9.59 Å². The molecular formula is C17H25N3O2. The van der Waals surface area contributed by atoms with Gasteiger partial charge in [-0.25, -0.2) is 0 Å². The van der Waals surface area contributed by atoms with E-state index in [2.05, 4.69) is 5.32 Å². The Balaban J connectivity index is 1.98. The minimum Gasteiger partial charge on any atom is -0.346 e. The van der Waals surface area contributed by atoms with Crippen LogP contribution in [-0.2, 0) is 16.0 Å². The highest BCUT2D eigenvalue weighted by Gasteiger charge is 2.28. The second kappa shape index (κ2) is 6.48. The number of fused-ring (bicyclic) bond motifs is 1. The van der Waals surface area contributed by atoms with Gasteiger partial charge in [-0.3, -0.25) is 9.59 Å². The summed E-state index contributed by atoms with van der Waals surface area (Å²) in [7, 11) is 0. The zero-order valence-corrected chi connectivity index (χ0v) is 13.6. The average molecular weight is 303 g/mol. The van der Waals surface area contributed by atoms with Crippen molar-refractivity contribution in [3.05, 3.63) is 29.8 Å². The maximum absolute atomic E-state index is 12.4. The van der Waals surface area contributed by atoms with E-state index in [-0.39, 0.29) is 23.8 Å². The molecule has 0 aromatic heterocycles. The molecule has 0 radical (unpaired) electrons. The van der Waals surface area contributed by atoms with Crippen molar-refractivity contribution in [2.75, 3.05) is 18.0 Å². The molecule has 0 saturated carbocycles. The lowest BCUT2D eigenvalue weighted by Gasteiger charge is -2.30. The minimum atomic E-state index is -0.631. The number of rotatable bonds is 3. The third-order valence-corrected chi connectivity index (χ3v) is 4.04. The number of benzene rings is 1. The Morgan fingerprint density at radius 3 is 2.68 bits per heavy atom. The van der Waals surface area contributed by atoms with E-state index in [0.717, 1.165) is 18.5 Å². The fourth-order valence-corrected chi connectivity index (χ4v) is 2.55. The molecule has 1 aliphatic rings. The Morgan fingerprint density at radius 1 is 1.32 bits per heavy atom. The van der Waals surface area contributed by atoms with Crippen LogP contribution < -0.4 is 16.0 Å². The molecule has 1 aliphatic heterocycles. The zero-order chi connectivity index (χ0) is 16.3. The van der Waals surface area contributed by atoms with Gasteiger partial charge in [-0.2, -0.15) is 0 Å². The van der Waals surface area contributed by atoms with Gasteiger partial charge in [-0.05, 0) is 29.9 Å². The number of amides is 2. The van der Waals surface area contributed by atoms with E-state index in [4.69, 9.17) is 5.73 Å². The van der Waals surface area contributed by atoms with Crippen LogP contribution in [0.5, 0.6) is 0 Å². The molecule has 0 spiro atoms. The number of aryl methyl sites for hydroxylation is 1. The predicted molar refractivity (Wildman–Crippen MR) is 87.6 cm³/mol. The fourth-order valence-electron chi connectivity index (χ4n) is 2.55. The largest absolute Gasteiger partial charge is 0.346 e. The molecule has 2 rings (SSSR count). The van der Waals surface area contributed by atoms with Crippen LogP contribution >= 0.6 is 0 Å². The third kappa shape index (κ3) is 3.65. The van der Waals surface area contributed by atoms with E-state index in [0.29, 0.717) is 6.54 Å². The van der Waals surface area contributed by atoms with E-state index in [1.807, 2.05) is 45.0 Å². The van der Waals surface area contributed by atoms with Gasteiger partial charge >= 0.3 is 0 Å². The lowest BCUT2D eigenvalue weighted by molar-refractivity contribution is -0.127. The highest BCUT2D eigenvalue weighted by molar-refractivity contribution is 5.98. The van der Waals surface area contributed by atoms with Crippen LogP contribution in [0, 0.1) is 5.41 Å². The number of hydrogen-bond acceptors (Lipinski definition) is 3. The smallest absolute Gasteiger partial charge is 0.246 e. The van der Waals surface area contributed by atoms with Crippen LogP contribution in [-0.4, -0.2) is 30.9 Å². The second-order valence-electron chi connectivity index (χ2n) is 6.84. The number of nitrogens with one attached hydrogen (secondary N) is 1. The lowest BCUT2D eigenvalue weighted by atomic mass is 9.87.